The van der Waals surface area contributed by atoms with E-state index in [1.54, 1.807) is 18.3 Å². The number of hydrogen-bond acceptors (Lipinski definition) is 6. The van der Waals surface area contributed by atoms with Crippen LogP contribution in [0.25, 0.3) is 27.2 Å². The lowest BCUT2D eigenvalue weighted by molar-refractivity contribution is -0.383. The highest BCUT2D eigenvalue weighted by atomic mass is 16.6. The van der Waals surface area contributed by atoms with Crippen LogP contribution in [0.2, 0.25) is 0 Å². The molecule has 10 heteroatoms. The van der Waals surface area contributed by atoms with Gasteiger partial charge in [-0.25, -0.2) is 14.6 Å². The third kappa shape index (κ3) is 2.11. The van der Waals surface area contributed by atoms with E-state index in [1.165, 1.54) is 23.1 Å². The molecule has 1 aromatic carbocycles. The lowest BCUT2D eigenvalue weighted by Gasteiger charge is -2.01. The summed E-state index contributed by atoms with van der Waals surface area (Å²) in [4.78, 5) is 21.1. The fourth-order valence-corrected chi connectivity index (χ4v) is 1.88. The van der Waals surface area contributed by atoms with Gasteiger partial charge in [-0.1, -0.05) is 12.1 Å². The fraction of sp³-hybridized carbons (Fsp3) is 0. The van der Waals surface area contributed by atoms with E-state index in [1.807, 2.05) is 0 Å². The number of nitrogens with zero attached hydrogens (tertiary/aromatic N) is 8. The Labute approximate surface area is 116 Å². The molecule has 102 valence electrons. The molecular formula is C11H6N8O2. The van der Waals surface area contributed by atoms with Crippen molar-refractivity contribution in [3.63, 3.8) is 0 Å². The van der Waals surface area contributed by atoms with Crippen LogP contribution < -0.4 is 0 Å². The number of non-ortho nitro benzene ring substituents is 1. The molecule has 2 heterocycles. The summed E-state index contributed by atoms with van der Waals surface area (Å²) in [6, 6.07) is 4.62. The molecule has 0 atom stereocenters. The summed E-state index contributed by atoms with van der Waals surface area (Å²) < 4.78 is 1.30. The molecular weight excluding hydrogens is 276 g/mol. The van der Waals surface area contributed by atoms with E-state index in [0.29, 0.717) is 5.39 Å². The minimum absolute atomic E-state index is 0.0375. The summed E-state index contributed by atoms with van der Waals surface area (Å²) >= 11 is 0. The Bertz CT molecular complexity index is 896. The smallest absolute Gasteiger partial charge is 0.258 e. The van der Waals surface area contributed by atoms with Gasteiger partial charge >= 0.3 is 0 Å². The van der Waals surface area contributed by atoms with E-state index in [9.17, 15) is 10.1 Å². The van der Waals surface area contributed by atoms with Crippen LogP contribution in [0, 0.1) is 10.1 Å². The Morgan fingerprint density at radius 1 is 1.33 bits per heavy atom. The van der Waals surface area contributed by atoms with Crippen molar-refractivity contribution in [1.29, 1.82) is 0 Å². The molecule has 2 aromatic heterocycles. The minimum Gasteiger partial charge on any atom is -0.258 e. The maximum Gasteiger partial charge on any atom is 0.297 e. The topological polar surface area (TPSA) is 136 Å². The van der Waals surface area contributed by atoms with E-state index in [4.69, 9.17) is 5.53 Å². The predicted octanol–water partition coefficient (Wildman–Crippen LogP) is 2.67. The summed E-state index contributed by atoms with van der Waals surface area (Å²) in [5.41, 5.74) is 8.63. The van der Waals surface area contributed by atoms with Gasteiger partial charge in [-0.2, -0.15) is 5.10 Å². The number of rotatable bonds is 3. The van der Waals surface area contributed by atoms with Gasteiger partial charge in [0.05, 0.1) is 4.92 Å². The van der Waals surface area contributed by atoms with Gasteiger partial charge in [-0.3, -0.25) is 10.1 Å². The molecule has 0 saturated heterocycles. The second-order valence-corrected chi connectivity index (χ2v) is 3.94. The standard InChI is InChI=1S/C11H6N8O2/c12-17-15-10-11(14-5-4-13-10)18-6-7-2-1-3-8(19(20)21)9(7)16-18/h1-6H. The van der Waals surface area contributed by atoms with E-state index in [2.05, 4.69) is 25.1 Å². The van der Waals surface area contributed by atoms with Gasteiger partial charge in [0.2, 0.25) is 0 Å². The number of nitro groups is 1. The third-order valence-corrected chi connectivity index (χ3v) is 2.73. The zero-order valence-corrected chi connectivity index (χ0v) is 10.4. The highest BCUT2D eigenvalue weighted by Crippen LogP contribution is 2.26. The van der Waals surface area contributed by atoms with Crippen LogP contribution >= 0.6 is 0 Å². The molecule has 0 bridgehead atoms. The number of benzene rings is 1. The van der Waals surface area contributed by atoms with Crippen molar-refractivity contribution in [3.05, 3.63) is 57.3 Å². The number of nitro benzene ring substituents is 1. The van der Waals surface area contributed by atoms with Crippen LogP contribution in [0.3, 0.4) is 0 Å². The van der Waals surface area contributed by atoms with Crippen molar-refractivity contribution in [2.45, 2.75) is 0 Å². The van der Waals surface area contributed by atoms with Crippen molar-refractivity contribution >= 4 is 22.4 Å². The maximum atomic E-state index is 11.0. The van der Waals surface area contributed by atoms with Crippen molar-refractivity contribution in [1.82, 2.24) is 19.7 Å². The average molecular weight is 282 g/mol. The Hall–Kier alpha value is -3.52. The highest BCUT2D eigenvalue weighted by molar-refractivity contribution is 5.87. The minimum atomic E-state index is -0.509. The van der Waals surface area contributed by atoms with Crippen LogP contribution in [-0.4, -0.2) is 24.7 Å². The quantitative estimate of drug-likeness (QED) is 0.239. The molecule has 0 unspecified atom stereocenters. The third-order valence-electron chi connectivity index (χ3n) is 2.73. The van der Waals surface area contributed by atoms with Gasteiger partial charge in [0.25, 0.3) is 5.69 Å². The van der Waals surface area contributed by atoms with Crippen LogP contribution in [0.15, 0.2) is 41.9 Å². The van der Waals surface area contributed by atoms with E-state index >= 15 is 0 Å². The first kappa shape index (κ1) is 12.5. The molecule has 10 nitrogen and oxygen atoms in total. The summed E-state index contributed by atoms with van der Waals surface area (Å²) in [5, 5.41) is 19.1. The SMILES string of the molecule is [N-]=[N+]=Nc1nccnc1-n1cc2cccc([N+](=O)[O-])c2n1. The van der Waals surface area contributed by atoms with E-state index < -0.39 is 4.92 Å². The van der Waals surface area contributed by atoms with Gasteiger partial charge < -0.3 is 0 Å². The van der Waals surface area contributed by atoms with Crippen molar-refractivity contribution in [2.75, 3.05) is 0 Å². The van der Waals surface area contributed by atoms with Crippen LogP contribution in [-0.2, 0) is 0 Å². The Morgan fingerprint density at radius 2 is 2.14 bits per heavy atom. The maximum absolute atomic E-state index is 11.0. The summed E-state index contributed by atoms with van der Waals surface area (Å²) in [6.07, 6.45) is 4.34. The zero-order chi connectivity index (χ0) is 14.8. The Balaban J connectivity index is 2.25. The summed E-state index contributed by atoms with van der Waals surface area (Å²) in [6.45, 7) is 0. The van der Waals surface area contributed by atoms with E-state index in [-0.39, 0.29) is 22.8 Å². The molecule has 0 aliphatic carbocycles. The van der Waals surface area contributed by atoms with Gasteiger partial charge in [-0.05, 0) is 10.6 Å². The van der Waals surface area contributed by atoms with Gasteiger partial charge in [0.15, 0.2) is 17.2 Å². The monoisotopic (exact) mass is 282 g/mol. The predicted molar refractivity (Wildman–Crippen MR) is 72.1 cm³/mol. The lowest BCUT2D eigenvalue weighted by atomic mass is 10.2. The van der Waals surface area contributed by atoms with E-state index in [0.717, 1.165) is 0 Å². The van der Waals surface area contributed by atoms with Crippen molar-refractivity contribution in [3.8, 4) is 5.82 Å². The van der Waals surface area contributed by atoms with Crippen LogP contribution in [0.1, 0.15) is 0 Å². The zero-order valence-electron chi connectivity index (χ0n) is 10.4. The number of fused-ring (bicyclic) bond motifs is 1. The van der Waals surface area contributed by atoms with Crippen molar-refractivity contribution in [2.24, 2.45) is 5.11 Å². The molecule has 0 saturated carbocycles. The largest absolute Gasteiger partial charge is 0.297 e. The summed E-state index contributed by atoms with van der Waals surface area (Å²) in [7, 11) is 0. The first-order valence-electron chi connectivity index (χ1n) is 5.70. The molecule has 0 aliphatic heterocycles. The molecule has 0 amide bonds. The van der Waals surface area contributed by atoms with Crippen LogP contribution in [0.5, 0.6) is 0 Å². The second-order valence-electron chi connectivity index (χ2n) is 3.94. The first-order chi connectivity index (χ1) is 10.2. The average Bonchev–Trinajstić information content (AvgIpc) is 2.91. The molecule has 3 rings (SSSR count). The normalized spacial score (nSPS) is 10.3. The molecule has 0 N–H and O–H groups in total. The number of hydrogen-bond donors (Lipinski definition) is 0. The second kappa shape index (κ2) is 4.87. The molecule has 0 radical (unpaired) electrons. The summed E-state index contributed by atoms with van der Waals surface area (Å²) in [5.74, 6) is 0.233. The Morgan fingerprint density at radius 3 is 2.90 bits per heavy atom. The molecule has 0 aliphatic rings. The highest BCUT2D eigenvalue weighted by Gasteiger charge is 2.16. The van der Waals surface area contributed by atoms with Crippen LogP contribution in [0.4, 0.5) is 11.5 Å². The van der Waals surface area contributed by atoms with Crippen molar-refractivity contribution < 1.29 is 4.92 Å². The fourth-order valence-electron chi connectivity index (χ4n) is 1.88. The Kier molecular flexibility index (Phi) is 2.90. The van der Waals surface area contributed by atoms with Gasteiger partial charge in [0, 0.05) is 35.0 Å². The molecule has 3 aromatic rings. The lowest BCUT2D eigenvalue weighted by Crippen LogP contribution is -1.99. The van der Waals surface area contributed by atoms with Gasteiger partial charge in [0.1, 0.15) is 0 Å². The molecule has 0 spiro atoms. The number of aromatic nitrogens is 4. The molecule has 0 fully saturated rings. The van der Waals surface area contributed by atoms with Gasteiger partial charge in [-0.15, -0.1) is 0 Å². The molecule has 21 heavy (non-hydrogen) atoms. The first-order valence-corrected chi connectivity index (χ1v) is 5.70. The number of azide groups is 1.